The first-order chi connectivity index (χ1) is 8.67. The highest BCUT2D eigenvalue weighted by Crippen LogP contribution is 2.21. The molecular weight excluding hydrogens is 226 g/mol. The number of hydrogen-bond acceptors (Lipinski definition) is 2. The van der Waals surface area contributed by atoms with Gasteiger partial charge < -0.3 is 15.2 Å². The first kappa shape index (κ1) is 12.5. The first-order valence-corrected chi connectivity index (χ1v) is 6.28. The summed E-state index contributed by atoms with van der Waals surface area (Å²) in [5.41, 5.74) is 7.66. The van der Waals surface area contributed by atoms with Gasteiger partial charge in [-0.25, -0.2) is 0 Å². The van der Waals surface area contributed by atoms with E-state index < -0.39 is 0 Å². The summed E-state index contributed by atoms with van der Waals surface area (Å²) in [6, 6.07) is 7.73. The first-order valence-electron chi connectivity index (χ1n) is 6.28. The number of carbonyl (C=O) groups excluding carboxylic acids is 1. The summed E-state index contributed by atoms with van der Waals surface area (Å²) in [4.78, 5) is 13.9. The summed E-state index contributed by atoms with van der Waals surface area (Å²) >= 11 is 0. The zero-order chi connectivity index (χ0) is 13.1. The summed E-state index contributed by atoms with van der Waals surface area (Å²) in [7, 11) is 0. The number of anilines is 1. The highest BCUT2D eigenvalue weighted by atomic mass is 16.2. The fourth-order valence-electron chi connectivity index (χ4n) is 2.21. The molecule has 0 aliphatic heterocycles. The van der Waals surface area contributed by atoms with Gasteiger partial charge in [-0.3, -0.25) is 4.79 Å². The van der Waals surface area contributed by atoms with Gasteiger partial charge >= 0.3 is 0 Å². The second kappa shape index (κ2) is 5.12. The number of aromatic nitrogens is 1. The molecule has 0 aliphatic rings. The van der Waals surface area contributed by atoms with Crippen molar-refractivity contribution in [3.63, 3.8) is 0 Å². The molecule has 2 N–H and O–H groups in total. The second-order valence-electron chi connectivity index (χ2n) is 4.29. The molecule has 2 aromatic rings. The third kappa shape index (κ3) is 2.18. The van der Waals surface area contributed by atoms with Crippen LogP contribution in [0.1, 0.15) is 13.8 Å². The second-order valence-corrected chi connectivity index (χ2v) is 4.29. The molecule has 0 unspecified atom stereocenters. The van der Waals surface area contributed by atoms with Gasteiger partial charge in [0.15, 0.2) is 0 Å². The average molecular weight is 245 g/mol. The molecule has 18 heavy (non-hydrogen) atoms. The zero-order valence-corrected chi connectivity index (χ0v) is 10.9. The van der Waals surface area contributed by atoms with Crippen LogP contribution in [0.5, 0.6) is 0 Å². The highest BCUT2D eigenvalue weighted by molar-refractivity contribution is 5.92. The SMILES string of the molecule is CCN(CC)C(=O)Cn1ccc2c(N)cccc21. The van der Waals surface area contributed by atoms with Crippen molar-refractivity contribution in [1.82, 2.24) is 9.47 Å². The number of carbonyl (C=O) groups is 1. The van der Waals surface area contributed by atoms with E-state index >= 15 is 0 Å². The Morgan fingerprint density at radius 1 is 1.28 bits per heavy atom. The standard InChI is InChI=1S/C14H19N3O/c1-3-16(4-2)14(18)10-17-9-8-11-12(15)6-5-7-13(11)17/h5-9H,3-4,10,15H2,1-2H3. The predicted molar refractivity (Wildman–Crippen MR) is 74.3 cm³/mol. The van der Waals surface area contributed by atoms with Gasteiger partial charge in [0.25, 0.3) is 0 Å². The number of benzene rings is 1. The Hall–Kier alpha value is -1.97. The molecule has 1 aromatic carbocycles. The molecule has 0 atom stereocenters. The molecule has 2 rings (SSSR count). The van der Waals surface area contributed by atoms with E-state index in [1.54, 1.807) is 0 Å². The van der Waals surface area contributed by atoms with Gasteiger partial charge in [-0.05, 0) is 32.0 Å². The molecule has 4 nitrogen and oxygen atoms in total. The van der Waals surface area contributed by atoms with E-state index in [-0.39, 0.29) is 5.91 Å². The molecule has 0 radical (unpaired) electrons. The maximum atomic E-state index is 12.1. The van der Waals surface area contributed by atoms with Crippen molar-refractivity contribution in [3.8, 4) is 0 Å². The van der Waals surface area contributed by atoms with Gasteiger partial charge in [-0.15, -0.1) is 0 Å². The molecule has 0 spiro atoms. The number of nitrogens with two attached hydrogens (primary N) is 1. The number of fused-ring (bicyclic) bond motifs is 1. The lowest BCUT2D eigenvalue weighted by Crippen LogP contribution is -2.33. The fourth-order valence-corrected chi connectivity index (χ4v) is 2.21. The minimum absolute atomic E-state index is 0.139. The minimum Gasteiger partial charge on any atom is -0.398 e. The normalized spacial score (nSPS) is 10.8. The topological polar surface area (TPSA) is 51.3 Å². The Morgan fingerprint density at radius 3 is 2.67 bits per heavy atom. The maximum absolute atomic E-state index is 12.1. The summed E-state index contributed by atoms with van der Waals surface area (Å²) < 4.78 is 1.95. The van der Waals surface area contributed by atoms with Crippen LogP contribution < -0.4 is 5.73 Å². The lowest BCUT2D eigenvalue weighted by atomic mass is 10.2. The molecule has 96 valence electrons. The van der Waals surface area contributed by atoms with Gasteiger partial charge in [0.1, 0.15) is 6.54 Å². The van der Waals surface area contributed by atoms with Gasteiger partial charge in [-0.2, -0.15) is 0 Å². The lowest BCUT2D eigenvalue weighted by Gasteiger charge is -2.19. The Labute approximate surface area is 107 Å². The average Bonchev–Trinajstić information content (AvgIpc) is 2.76. The van der Waals surface area contributed by atoms with Crippen LogP contribution in [0.15, 0.2) is 30.5 Å². The van der Waals surface area contributed by atoms with Crippen molar-refractivity contribution < 1.29 is 4.79 Å². The van der Waals surface area contributed by atoms with Crippen LogP contribution in [0, 0.1) is 0 Å². The number of nitrogens with zero attached hydrogens (tertiary/aromatic N) is 2. The van der Waals surface area contributed by atoms with Crippen molar-refractivity contribution in [2.75, 3.05) is 18.8 Å². The molecule has 1 heterocycles. The van der Waals surface area contributed by atoms with Crippen molar-refractivity contribution in [3.05, 3.63) is 30.5 Å². The number of rotatable bonds is 4. The summed E-state index contributed by atoms with van der Waals surface area (Å²) in [5.74, 6) is 0.139. The molecule has 1 aromatic heterocycles. The molecule has 1 amide bonds. The molecule has 0 fully saturated rings. The van der Waals surface area contributed by atoms with Crippen molar-refractivity contribution >= 4 is 22.5 Å². The summed E-state index contributed by atoms with van der Waals surface area (Å²) in [5, 5.41) is 1.00. The van der Waals surface area contributed by atoms with Crippen molar-refractivity contribution in [2.24, 2.45) is 0 Å². The Bertz CT molecular complexity index is 555. The molecular formula is C14H19N3O. The van der Waals surface area contributed by atoms with E-state index in [1.807, 2.05) is 53.8 Å². The van der Waals surface area contributed by atoms with E-state index in [9.17, 15) is 4.79 Å². The molecule has 4 heteroatoms. The Morgan fingerprint density at radius 2 is 2.00 bits per heavy atom. The Balaban J connectivity index is 2.27. The number of nitrogen functional groups attached to an aromatic ring is 1. The van der Waals surface area contributed by atoms with Gasteiger partial charge in [0.05, 0.1) is 5.52 Å². The number of hydrogen-bond donors (Lipinski definition) is 1. The van der Waals surface area contributed by atoms with Crippen LogP contribution in [0.2, 0.25) is 0 Å². The third-order valence-corrected chi connectivity index (χ3v) is 3.27. The van der Waals surface area contributed by atoms with Crippen LogP contribution in [0.4, 0.5) is 5.69 Å². The van der Waals surface area contributed by atoms with Gasteiger partial charge in [0, 0.05) is 30.4 Å². The molecule has 0 saturated heterocycles. The van der Waals surface area contributed by atoms with Gasteiger partial charge in [0.2, 0.25) is 5.91 Å². The largest absolute Gasteiger partial charge is 0.398 e. The quantitative estimate of drug-likeness (QED) is 0.839. The molecule has 0 aliphatic carbocycles. The van der Waals surface area contributed by atoms with Crippen LogP contribution in [0.3, 0.4) is 0 Å². The number of amides is 1. The van der Waals surface area contributed by atoms with E-state index in [2.05, 4.69) is 0 Å². The fraction of sp³-hybridized carbons (Fsp3) is 0.357. The maximum Gasteiger partial charge on any atom is 0.242 e. The van der Waals surface area contributed by atoms with E-state index in [4.69, 9.17) is 5.73 Å². The lowest BCUT2D eigenvalue weighted by molar-refractivity contribution is -0.131. The zero-order valence-electron chi connectivity index (χ0n) is 10.9. The molecule has 0 bridgehead atoms. The van der Waals surface area contributed by atoms with E-state index in [0.29, 0.717) is 6.54 Å². The minimum atomic E-state index is 0.139. The number of likely N-dealkylation sites (N-methyl/N-ethyl adjacent to an activating group) is 1. The van der Waals surface area contributed by atoms with Crippen LogP contribution in [0.25, 0.3) is 10.9 Å². The molecule has 0 saturated carbocycles. The monoisotopic (exact) mass is 245 g/mol. The summed E-state index contributed by atoms with van der Waals surface area (Å²) in [6.45, 7) is 5.85. The predicted octanol–water partition coefficient (Wildman–Crippen LogP) is 2.09. The Kier molecular flexibility index (Phi) is 3.55. The van der Waals surface area contributed by atoms with Crippen molar-refractivity contribution in [1.29, 1.82) is 0 Å². The third-order valence-electron chi connectivity index (χ3n) is 3.27. The summed E-state index contributed by atoms with van der Waals surface area (Å²) in [6.07, 6.45) is 1.92. The van der Waals surface area contributed by atoms with Crippen molar-refractivity contribution in [2.45, 2.75) is 20.4 Å². The highest BCUT2D eigenvalue weighted by Gasteiger charge is 2.11. The smallest absolute Gasteiger partial charge is 0.242 e. The van der Waals surface area contributed by atoms with E-state index in [1.165, 1.54) is 0 Å². The van der Waals surface area contributed by atoms with Crippen LogP contribution in [-0.4, -0.2) is 28.5 Å². The van der Waals surface area contributed by atoms with E-state index in [0.717, 1.165) is 29.7 Å². The van der Waals surface area contributed by atoms with Crippen LogP contribution in [-0.2, 0) is 11.3 Å². The van der Waals surface area contributed by atoms with Gasteiger partial charge in [-0.1, -0.05) is 6.07 Å². The van der Waals surface area contributed by atoms with Crippen LogP contribution >= 0.6 is 0 Å².